The number of carbonyl (C=O) groups is 1. The molecule has 0 saturated carbocycles. The maximum atomic E-state index is 12.5. The van der Waals surface area contributed by atoms with Crippen LogP contribution in [0.1, 0.15) is 89.0 Å². The first kappa shape index (κ1) is 48.0. The number of ether oxygens (including phenoxy) is 3. The summed E-state index contributed by atoms with van der Waals surface area (Å²) in [5.41, 5.74) is 0.466. The van der Waals surface area contributed by atoms with Crippen molar-refractivity contribution < 1.29 is 43.1 Å². The normalized spacial score (nSPS) is 14.4. The van der Waals surface area contributed by atoms with Crippen molar-refractivity contribution in [2.75, 3.05) is 51.0 Å². The number of phenolic OH excluding ortho intramolecular Hbond substituents is 1. The second-order valence-electron chi connectivity index (χ2n) is 17.3. The number of phenols is 1. The second-order valence-corrected chi connectivity index (χ2v) is 18.2. The number of nitro benzene ring substituents is 2. The van der Waals surface area contributed by atoms with Gasteiger partial charge < -0.3 is 34.5 Å². The van der Waals surface area contributed by atoms with Gasteiger partial charge in [-0.3, -0.25) is 20.2 Å². The Kier molecular flexibility index (Phi) is 17.8. The molecule has 1 amide bonds. The monoisotopic (exact) mass is 808 g/mol. The minimum atomic E-state index is -0.514. The number of hydrogen-bond acceptors (Lipinski definition) is 14. The topological polar surface area (TPSA) is 223 Å². The van der Waals surface area contributed by atoms with Crippen LogP contribution < -0.4 is 10.6 Å². The molecule has 1 atom stereocenters. The number of anilines is 1. The minimum absolute atomic E-state index is 0.0159. The van der Waals surface area contributed by atoms with E-state index in [9.17, 15) is 25.0 Å². The first-order chi connectivity index (χ1) is 25.9. The summed E-state index contributed by atoms with van der Waals surface area (Å²) in [5.74, 6) is -0.273. The highest BCUT2D eigenvalue weighted by molar-refractivity contribution is 7.32. The Morgan fingerprint density at radius 3 is 1.96 bits per heavy atom. The molecule has 314 valence electrons. The molecule has 3 aromatic rings. The first-order valence-electron chi connectivity index (χ1n) is 18.5. The Labute approximate surface area is 331 Å². The van der Waals surface area contributed by atoms with Crippen molar-refractivity contribution in [1.82, 2.24) is 15.6 Å². The lowest BCUT2D eigenvalue weighted by Crippen LogP contribution is -2.39. The van der Waals surface area contributed by atoms with Crippen LogP contribution in [0, 0.1) is 41.9 Å². The first-order valence-corrected chi connectivity index (χ1v) is 19.6. The van der Waals surface area contributed by atoms with E-state index in [1.807, 2.05) is 20.8 Å². The standard InChI is InChI=1S/C27H46N5O6P.C6H5NO3.C5H10O2/c1-10-37-39-18-27(8,9)14-26(6,7)17-36-23(33)29-16-25(4,5)13-24(2,3)15-28-19-11-12-20(32(34)35)22-21(19)30-38-31-22;8-6-3-1-5(2-4-6)7(9)10;1-5(2)6-3-4-7-5/h11-12,28,39H,10,13-18H2,1-9H3,(H,29,33);1-4,8H;3-4H2,1-2H3. The quantitative estimate of drug-likeness (QED) is 0.0501. The van der Waals surface area contributed by atoms with Gasteiger partial charge in [0.05, 0.1) is 35.4 Å². The van der Waals surface area contributed by atoms with Crippen LogP contribution in [0.2, 0.25) is 0 Å². The number of amides is 1. The molecule has 56 heavy (non-hydrogen) atoms. The van der Waals surface area contributed by atoms with Gasteiger partial charge in [0.2, 0.25) is 5.52 Å². The van der Waals surface area contributed by atoms with Crippen LogP contribution in [0.3, 0.4) is 0 Å². The van der Waals surface area contributed by atoms with Gasteiger partial charge in [0, 0.05) is 46.7 Å². The van der Waals surface area contributed by atoms with Crippen molar-refractivity contribution in [3.63, 3.8) is 0 Å². The molecule has 1 aromatic heterocycles. The molecule has 1 unspecified atom stereocenters. The van der Waals surface area contributed by atoms with E-state index in [1.54, 1.807) is 6.07 Å². The summed E-state index contributed by atoms with van der Waals surface area (Å²) in [6.07, 6.45) is 2.29. The Morgan fingerprint density at radius 1 is 0.857 bits per heavy atom. The molecule has 2 aromatic carbocycles. The van der Waals surface area contributed by atoms with Gasteiger partial charge in [0.1, 0.15) is 5.75 Å². The van der Waals surface area contributed by atoms with E-state index in [0.29, 0.717) is 39.7 Å². The molecule has 17 nitrogen and oxygen atoms in total. The van der Waals surface area contributed by atoms with Crippen LogP contribution in [0.4, 0.5) is 21.9 Å². The van der Waals surface area contributed by atoms with Crippen LogP contribution in [0.15, 0.2) is 41.0 Å². The van der Waals surface area contributed by atoms with Crippen molar-refractivity contribution in [2.24, 2.45) is 21.7 Å². The largest absolute Gasteiger partial charge is 0.508 e. The van der Waals surface area contributed by atoms with E-state index in [2.05, 4.69) is 76.3 Å². The van der Waals surface area contributed by atoms with Crippen molar-refractivity contribution in [3.8, 4) is 5.75 Å². The molecule has 1 aliphatic heterocycles. The van der Waals surface area contributed by atoms with Crippen LogP contribution in [0.25, 0.3) is 11.0 Å². The molecule has 1 fully saturated rings. The summed E-state index contributed by atoms with van der Waals surface area (Å²) in [4.78, 5) is 32.8. The summed E-state index contributed by atoms with van der Waals surface area (Å²) in [6.45, 7) is 26.6. The summed E-state index contributed by atoms with van der Waals surface area (Å²) in [5, 5.41) is 43.8. The highest BCUT2D eigenvalue weighted by Gasteiger charge is 2.32. The fraction of sp³-hybridized carbons (Fsp3) is 0.658. The smallest absolute Gasteiger partial charge is 0.407 e. The molecular weight excluding hydrogens is 747 g/mol. The van der Waals surface area contributed by atoms with E-state index in [0.717, 1.165) is 38.8 Å². The number of non-ortho nitro benzene ring substituents is 2. The van der Waals surface area contributed by atoms with Crippen LogP contribution >= 0.6 is 8.81 Å². The van der Waals surface area contributed by atoms with E-state index < -0.39 is 15.9 Å². The molecule has 4 rings (SSSR count). The number of benzene rings is 2. The minimum Gasteiger partial charge on any atom is -0.508 e. The number of fused-ring (bicyclic) bond motifs is 1. The van der Waals surface area contributed by atoms with E-state index in [4.69, 9.17) is 28.5 Å². The maximum absolute atomic E-state index is 12.5. The summed E-state index contributed by atoms with van der Waals surface area (Å²) in [7, 11) is 0.483. The number of rotatable bonds is 17. The van der Waals surface area contributed by atoms with E-state index in [-0.39, 0.29) is 50.1 Å². The number of alkyl carbamates (subject to hydrolysis) is 1. The molecule has 0 bridgehead atoms. The highest BCUT2D eigenvalue weighted by Crippen LogP contribution is 2.39. The van der Waals surface area contributed by atoms with Crippen LogP contribution in [-0.2, 0) is 18.7 Å². The van der Waals surface area contributed by atoms with E-state index >= 15 is 0 Å². The van der Waals surface area contributed by atoms with Gasteiger partial charge in [-0.25, -0.2) is 9.42 Å². The Balaban J connectivity index is 0.000000516. The SMILES string of the molecule is CC1(C)OCCO1.CCOPCC(C)(C)CC(C)(C)COC(=O)NCC(C)(C)CC(C)(C)CNc1ccc([N+](=O)[O-])c2nonc12.O=[N+]([O-])c1ccc(O)cc1. The summed E-state index contributed by atoms with van der Waals surface area (Å²) < 4.78 is 26.1. The van der Waals surface area contributed by atoms with Crippen LogP contribution in [-0.4, -0.2) is 82.8 Å². The number of nitro groups is 2. The second kappa shape index (κ2) is 20.8. The third-order valence-electron chi connectivity index (χ3n) is 8.41. The fourth-order valence-corrected chi connectivity index (χ4v) is 7.29. The average molecular weight is 809 g/mol. The van der Waals surface area contributed by atoms with Crippen molar-refractivity contribution in [1.29, 1.82) is 0 Å². The van der Waals surface area contributed by atoms with Gasteiger partial charge in [-0.2, -0.15) is 0 Å². The maximum Gasteiger partial charge on any atom is 0.407 e. The van der Waals surface area contributed by atoms with Crippen LogP contribution in [0.5, 0.6) is 5.75 Å². The zero-order chi connectivity index (χ0) is 42.4. The number of aromatic hydroxyl groups is 1. The number of nitrogens with one attached hydrogen (secondary N) is 2. The molecule has 18 heteroatoms. The van der Waals surface area contributed by atoms with Crippen molar-refractivity contribution in [2.45, 2.75) is 94.8 Å². The third kappa shape index (κ3) is 17.7. The molecule has 0 radical (unpaired) electrons. The zero-order valence-corrected chi connectivity index (χ0v) is 35.6. The van der Waals surface area contributed by atoms with Crippen molar-refractivity contribution in [3.05, 3.63) is 56.6 Å². The highest BCUT2D eigenvalue weighted by atomic mass is 31.1. The zero-order valence-electron chi connectivity index (χ0n) is 34.6. The summed E-state index contributed by atoms with van der Waals surface area (Å²) >= 11 is 0. The lowest BCUT2D eigenvalue weighted by molar-refractivity contribution is -0.384. The molecule has 3 N–H and O–H groups in total. The molecule has 1 aliphatic rings. The molecule has 0 aliphatic carbocycles. The Morgan fingerprint density at radius 2 is 1.43 bits per heavy atom. The average Bonchev–Trinajstić information content (AvgIpc) is 3.74. The number of hydrogen-bond donors (Lipinski definition) is 3. The third-order valence-corrected chi connectivity index (χ3v) is 10.0. The predicted molar refractivity (Wildman–Crippen MR) is 216 cm³/mol. The van der Waals surface area contributed by atoms with Gasteiger partial charge in [0.15, 0.2) is 11.3 Å². The predicted octanol–water partition coefficient (Wildman–Crippen LogP) is 8.85. The number of carbonyl (C=O) groups excluding carboxylic acids is 1. The molecule has 0 spiro atoms. The molecular formula is C38H61N6O11P. The number of nitrogens with zero attached hydrogens (tertiary/aromatic N) is 4. The van der Waals surface area contributed by atoms with E-state index in [1.165, 1.54) is 30.3 Å². The van der Waals surface area contributed by atoms with Crippen molar-refractivity contribution >= 4 is 43.0 Å². The Bertz CT molecular complexity index is 1700. The lowest BCUT2D eigenvalue weighted by Gasteiger charge is -2.36. The van der Waals surface area contributed by atoms with Gasteiger partial charge in [-0.1, -0.05) is 55.4 Å². The molecule has 2 heterocycles. The van der Waals surface area contributed by atoms with Gasteiger partial charge in [-0.15, -0.1) is 0 Å². The van der Waals surface area contributed by atoms with Gasteiger partial charge in [-0.05, 0) is 89.9 Å². The fourth-order valence-electron chi connectivity index (χ4n) is 6.47. The van der Waals surface area contributed by atoms with Gasteiger partial charge in [0.25, 0.3) is 5.69 Å². The van der Waals surface area contributed by atoms with Gasteiger partial charge >= 0.3 is 11.8 Å². The Hall–Kier alpha value is -4.18. The summed E-state index contributed by atoms with van der Waals surface area (Å²) in [6, 6.07) is 8.05. The lowest BCUT2D eigenvalue weighted by atomic mass is 9.75. The number of aromatic nitrogens is 2. The molecule has 1 saturated heterocycles.